The molecular weight excluding hydrogens is 396 g/mol. The fraction of sp³-hybridized carbons (Fsp3) is 0.0400. The average molecular weight is 415 g/mol. The van der Waals surface area contributed by atoms with Crippen LogP contribution >= 0.6 is 23.5 Å². The van der Waals surface area contributed by atoms with Gasteiger partial charge in [0, 0.05) is 4.90 Å². The average Bonchev–Trinajstić information content (AvgIpc) is 3.06. The summed E-state index contributed by atoms with van der Waals surface area (Å²) in [5.74, 6) is 0.588. The maximum absolute atomic E-state index is 10.3. The van der Waals surface area contributed by atoms with Gasteiger partial charge in [-0.25, -0.2) is 0 Å². The van der Waals surface area contributed by atoms with Gasteiger partial charge in [0.05, 0.1) is 15.0 Å². The van der Waals surface area contributed by atoms with E-state index in [9.17, 15) is 10.2 Å². The smallest absolute Gasteiger partial charge is 0.129 e. The summed E-state index contributed by atoms with van der Waals surface area (Å²) in [6, 6.07) is 29.7. The van der Waals surface area contributed by atoms with E-state index in [0.29, 0.717) is 5.75 Å². The molecular formula is C25H18O2S2. The lowest BCUT2D eigenvalue weighted by molar-refractivity contribution is 0.462. The number of phenolic OH excluding ortho intramolecular Hbond substituents is 2. The molecule has 1 unspecified atom stereocenters. The number of hydrogen-bond donors (Lipinski definition) is 2. The van der Waals surface area contributed by atoms with Crippen molar-refractivity contribution in [2.45, 2.75) is 19.9 Å². The SMILES string of the molecule is Oc1ccccc1Sc1cccc2c1C(Sc1ccccc1O)c1ccccc1-2. The minimum Gasteiger partial charge on any atom is -0.507 e. The quantitative estimate of drug-likeness (QED) is 0.373. The van der Waals surface area contributed by atoms with Crippen molar-refractivity contribution in [1.82, 2.24) is 0 Å². The lowest BCUT2D eigenvalue weighted by Crippen LogP contribution is -1.94. The summed E-state index contributed by atoms with van der Waals surface area (Å²) in [6.45, 7) is 0. The van der Waals surface area contributed by atoms with Crippen LogP contribution in [0.15, 0.2) is 106 Å². The summed E-state index contributed by atoms with van der Waals surface area (Å²) in [6.07, 6.45) is 0. The Balaban J connectivity index is 1.64. The topological polar surface area (TPSA) is 40.5 Å². The first-order valence-electron chi connectivity index (χ1n) is 9.35. The maximum atomic E-state index is 10.3. The Kier molecular flexibility index (Phi) is 4.74. The molecule has 0 fully saturated rings. The van der Waals surface area contributed by atoms with Crippen LogP contribution in [0.2, 0.25) is 0 Å². The maximum Gasteiger partial charge on any atom is 0.129 e. The number of fused-ring (bicyclic) bond motifs is 3. The molecule has 4 heteroatoms. The minimum atomic E-state index is 0.0732. The van der Waals surface area contributed by atoms with E-state index in [2.05, 4.69) is 42.5 Å². The molecule has 0 saturated heterocycles. The second kappa shape index (κ2) is 7.54. The van der Waals surface area contributed by atoms with Gasteiger partial charge in [-0.2, -0.15) is 0 Å². The second-order valence-corrected chi connectivity index (χ2v) is 9.07. The fourth-order valence-electron chi connectivity index (χ4n) is 3.73. The van der Waals surface area contributed by atoms with Crippen molar-refractivity contribution < 1.29 is 10.2 Å². The predicted molar refractivity (Wildman–Crippen MR) is 120 cm³/mol. The molecule has 1 aliphatic rings. The van der Waals surface area contributed by atoms with Gasteiger partial charge < -0.3 is 10.2 Å². The van der Waals surface area contributed by atoms with Gasteiger partial charge in [0.1, 0.15) is 11.5 Å². The van der Waals surface area contributed by atoms with Gasteiger partial charge in [-0.3, -0.25) is 0 Å². The first-order valence-corrected chi connectivity index (χ1v) is 11.0. The molecule has 0 radical (unpaired) electrons. The first-order chi connectivity index (χ1) is 14.2. The molecule has 0 amide bonds. The summed E-state index contributed by atoms with van der Waals surface area (Å²) in [7, 11) is 0. The molecule has 29 heavy (non-hydrogen) atoms. The molecule has 0 bridgehead atoms. The third-order valence-electron chi connectivity index (χ3n) is 5.06. The molecule has 4 aromatic carbocycles. The standard InChI is InChI=1S/C25H18O2S2/c26-19-11-3-5-13-21(19)28-23-15-7-10-17-16-8-1-2-9-18(16)25(24(17)23)29-22-14-6-4-12-20(22)27/h1-15,25-27H. The summed E-state index contributed by atoms with van der Waals surface area (Å²) in [5, 5.41) is 20.7. The van der Waals surface area contributed by atoms with Crippen LogP contribution in [-0.4, -0.2) is 10.2 Å². The van der Waals surface area contributed by atoms with Crippen LogP contribution in [0.25, 0.3) is 11.1 Å². The molecule has 1 atom stereocenters. The van der Waals surface area contributed by atoms with Gasteiger partial charge in [-0.1, -0.05) is 72.4 Å². The highest BCUT2D eigenvalue weighted by Crippen LogP contribution is 2.56. The highest BCUT2D eigenvalue weighted by molar-refractivity contribution is 8.00. The van der Waals surface area contributed by atoms with Crippen LogP contribution in [0.1, 0.15) is 16.4 Å². The van der Waals surface area contributed by atoms with Crippen LogP contribution in [-0.2, 0) is 0 Å². The molecule has 142 valence electrons. The zero-order chi connectivity index (χ0) is 19.8. The Morgan fingerprint density at radius 1 is 0.552 bits per heavy atom. The van der Waals surface area contributed by atoms with Gasteiger partial charge in [0.2, 0.25) is 0 Å². The number of benzene rings is 4. The Morgan fingerprint density at radius 3 is 1.90 bits per heavy atom. The van der Waals surface area contributed by atoms with E-state index in [1.54, 1.807) is 35.7 Å². The van der Waals surface area contributed by atoms with Crippen LogP contribution in [0.5, 0.6) is 11.5 Å². The number of aromatic hydroxyl groups is 2. The fourth-order valence-corrected chi connectivity index (χ4v) is 6.15. The van der Waals surface area contributed by atoms with Gasteiger partial charge in [-0.15, -0.1) is 11.8 Å². The van der Waals surface area contributed by atoms with E-state index in [1.165, 1.54) is 22.3 Å². The van der Waals surface area contributed by atoms with Crippen molar-refractivity contribution in [3.05, 3.63) is 102 Å². The largest absolute Gasteiger partial charge is 0.507 e. The summed E-state index contributed by atoms with van der Waals surface area (Å²) in [5.41, 5.74) is 4.93. The highest BCUT2D eigenvalue weighted by atomic mass is 32.2. The van der Waals surface area contributed by atoms with E-state index >= 15 is 0 Å². The van der Waals surface area contributed by atoms with E-state index in [1.807, 2.05) is 36.4 Å². The molecule has 2 N–H and O–H groups in total. The Hall–Kier alpha value is -2.82. The highest BCUT2D eigenvalue weighted by Gasteiger charge is 2.32. The molecule has 4 aromatic rings. The van der Waals surface area contributed by atoms with Crippen molar-refractivity contribution in [2.75, 3.05) is 0 Å². The normalized spacial score (nSPS) is 14.4. The van der Waals surface area contributed by atoms with Crippen molar-refractivity contribution in [3.8, 4) is 22.6 Å². The van der Waals surface area contributed by atoms with Crippen molar-refractivity contribution >= 4 is 23.5 Å². The van der Waals surface area contributed by atoms with Gasteiger partial charge in [0.15, 0.2) is 0 Å². The third-order valence-corrected chi connectivity index (χ3v) is 7.52. The Morgan fingerprint density at radius 2 is 1.14 bits per heavy atom. The van der Waals surface area contributed by atoms with Crippen LogP contribution < -0.4 is 0 Å². The zero-order valence-corrected chi connectivity index (χ0v) is 17.1. The lowest BCUT2D eigenvalue weighted by Gasteiger charge is -2.17. The number of phenols is 2. The number of hydrogen-bond acceptors (Lipinski definition) is 4. The molecule has 0 aliphatic heterocycles. The molecule has 0 heterocycles. The molecule has 0 saturated carbocycles. The molecule has 0 spiro atoms. The lowest BCUT2D eigenvalue weighted by atomic mass is 10.1. The molecule has 0 aromatic heterocycles. The molecule has 5 rings (SSSR count). The van der Waals surface area contributed by atoms with Gasteiger partial charge >= 0.3 is 0 Å². The van der Waals surface area contributed by atoms with Crippen LogP contribution in [0.3, 0.4) is 0 Å². The Bertz CT molecular complexity index is 1200. The van der Waals surface area contributed by atoms with Gasteiger partial charge in [0.25, 0.3) is 0 Å². The predicted octanol–water partition coefficient (Wildman–Crippen LogP) is 7.11. The van der Waals surface area contributed by atoms with Crippen LogP contribution in [0.4, 0.5) is 0 Å². The van der Waals surface area contributed by atoms with Crippen molar-refractivity contribution in [3.63, 3.8) is 0 Å². The third kappa shape index (κ3) is 3.28. The second-order valence-electron chi connectivity index (χ2n) is 6.84. The van der Waals surface area contributed by atoms with E-state index < -0.39 is 0 Å². The Labute approximate surface area is 178 Å². The number of thioether (sulfide) groups is 1. The summed E-state index contributed by atoms with van der Waals surface area (Å²) in [4.78, 5) is 2.82. The van der Waals surface area contributed by atoms with E-state index in [0.717, 1.165) is 14.7 Å². The monoisotopic (exact) mass is 414 g/mol. The van der Waals surface area contributed by atoms with Crippen LogP contribution in [0, 0.1) is 0 Å². The summed E-state index contributed by atoms with van der Waals surface area (Å²) >= 11 is 3.25. The molecule has 1 aliphatic carbocycles. The first kappa shape index (κ1) is 18.2. The summed E-state index contributed by atoms with van der Waals surface area (Å²) < 4.78 is 0. The van der Waals surface area contributed by atoms with Crippen molar-refractivity contribution in [2.24, 2.45) is 0 Å². The number of para-hydroxylation sites is 2. The van der Waals surface area contributed by atoms with E-state index in [4.69, 9.17) is 0 Å². The zero-order valence-electron chi connectivity index (χ0n) is 15.4. The molecule has 2 nitrogen and oxygen atoms in total. The van der Waals surface area contributed by atoms with E-state index in [-0.39, 0.29) is 11.0 Å². The van der Waals surface area contributed by atoms with Gasteiger partial charge in [-0.05, 0) is 52.6 Å². The number of rotatable bonds is 4. The minimum absolute atomic E-state index is 0.0732. The van der Waals surface area contributed by atoms with Crippen molar-refractivity contribution in [1.29, 1.82) is 0 Å².